The zero-order valence-electron chi connectivity index (χ0n) is 7.30. The third kappa shape index (κ3) is 1.94. The fourth-order valence-corrected chi connectivity index (χ4v) is 1.32. The number of benzene rings is 1. The van der Waals surface area contributed by atoms with Gasteiger partial charge in [-0.1, -0.05) is 48.6 Å². The Morgan fingerprint density at radius 3 is 2.62 bits per heavy atom. The smallest absolute Gasteiger partial charge is 0.0933 e. The molecular formula is C12H11N. The molecule has 1 atom stereocenters. The fraction of sp³-hybridized carbons (Fsp3) is 0.0833. The van der Waals surface area contributed by atoms with Gasteiger partial charge >= 0.3 is 0 Å². The molecule has 0 N–H and O–H groups in total. The Kier molecular flexibility index (Phi) is 2.37. The van der Waals surface area contributed by atoms with Gasteiger partial charge < -0.3 is 0 Å². The van der Waals surface area contributed by atoms with E-state index >= 15 is 0 Å². The normalized spacial score (nSPS) is 20.2. The molecule has 0 aliphatic carbocycles. The highest BCUT2D eigenvalue weighted by molar-refractivity contribution is 5.72. The highest BCUT2D eigenvalue weighted by atomic mass is 14.8. The SMILES string of the molecule is C1=CC=NC(c2ccccc2)C=C1. The van der Waals surface area contributed by atoms with Gasteiger partial charge in [0.25, 0.3) is 0 Å². The molecule has 0 bridgehead atoms. The van der Waals surface area contributed by atoms with Gasteiger partial charge in [-0.05, 0) is 11.6 Å². The molecule has 0 saturated heterocycles. The molecule has 1 heteroatoms. The van der Waals surface area contributed by atoms with Gasteiger partial charge in [-0.3, -0.25) is 4.99 Å². The maximum atomic E-state index is 4.39. The average molecular weight is 169 g/mol. The number of hydrogen-bond acceptors (Lipinski definition) is 1. The number of hydrogen-bond donors (Lipinski definition) is 0. The van der Waals surface area contributed by atoms with Crippen LogP contribution in [0.15, 0.2) is 59.6 Å². The van der Waals surface area contributed by atoms with E-state index in [1.807, 2.05) is 42.6 Å². The number of aliphatic imine (C=N–C) groups is 1. The van der Waals surface area contributed by atoms with Gasteiger partial charge in [-0.25, -0.2) is 0 Å². The molecule has 0 spiro atoms. The summed E-state index contributed by atoms with van der Waals surface area (Å²) in [5.41, 5.74) is 1.23. The Labute approximate surface area is 78.1 Å². The molecule has 0 amide bonds. The van der Waals surface area contributed by atoms with Crippen molar-refractivity contribution in [2.75, 3.05) is 0 Å². The first-order chi connectivity index (χ1) is 6.47. The van der Waals surface area contributed by atoms with Crippen molar-refractivity contribution in [3.8, 4) is 0 Å². The van der Waals surface area contributed by atoms with Crippen LogP contribution < -0.4 is 0 Å². The van der Waals surface area contributed by atoms with Crippen molar-refractivity contribution in [2.45, 2.75) is 6.04 Å². The summed E-state index contributed by atoms with van der Waals surface area (Å²) in [6.07, 6.45) is 9.91. The van der Waals surface area contributed by atoms with Gasteiger partial charge in [0.1, 0.15) is 0 Å². The van der Waals surface area contributed by atoms with Crippen LogP contribution >= 0.6 is 0 Å². The van der Waals surface area contributed by atoms with Crippen LogP contribution in [0.2, 0.25) is 0 Å². The van der Waals surface area contributed by atoms with E-state index in [4.69, 9.17) is 0 Å². The van der Waals surface area contributed by atoms with Crippen LogP contribution in [0.5, 0.6) is 0 Å². The van der Waals surface area contributed by atoms with Gasteiger partial charge in [-0.2, -0.15) is 0 Å². The largest absolute Gasteiger partial charge is 0.281 e. The molecular weight excluding hydrogens is 158 g/mol. The van der Waals surface area contributed by atoms with Crippen LogP contribution in [0.1, 0.15) is 11.6 Å². The van der Waals surface area contributed by atoms with E-state index in [1.165, 1.54) is 5.56 Å². The summed E-state index contributed by atoms with van der Waals surface area (Å²) >= 11 is 0. The molecule has 1 nitrogen and oxygen atoms in total. The maximum absolute atomic E-state index is 4.39. The van der Waals surface area contributed by atoms with Crippen molar-refractivity contribution in [1.29, 1.82) is 0 Å². The average Bonchev–Trinajstić information content (AvgIpc) is 2.47. The Balaban J connectivity index is 2.27. The summed E-state index contributed by atoms with van der Waals surface area (Å²) in [5, 5.41) is 0. The Hall–Kier alpha value is -1.63. The summed E-state index contributed by atoms with van der Waals surface area (Å²) in [7, 11) is 0. The highest BCUT2D eigenvalue weighted by Crippen LogP contribution is 2.18. The molecule has 0 saturated carbocycles. The summed E-state index contributed by atoms with van der Waals surface area (Å²) < 4.78 is 0. The lowest BCUT2D eigenvalue weighted by Crippen LogP contribution is -1.89. The molecule has 1 aliphatic rings. The summed E-state index contributed by atoms with van der Waals surface area (Å²) in [4.78, 5) is 4.39. The molecule has 1 unspecified atom stereocenters. The lowest BCUT2D eigenvalue weighted by molar-refractivity contribution is 0.921. The molecule has 13 heavy (non-hydrogen) atoms. The van der Waals surface area contributed by atoms with Crippen molar-refractivity contribution in [1.82, 2.24) is 0 Å². The number of allylic oxidation sites excluding steroid dienone is 3. The zero-order valence-corrected chi connectivity index (χ0v) is 7.30. The molecule has 1 aliphatic heterocycles. The molecule has 2 rings (SSSR count). The predicted octanol–water partition coefficient (Wildman–Crippen LogP) is 2.92. The minimum Gasteiger partial charge on any atom is -0.281 e. The Morgan fingerprint density at radius 2 is 1.77 bits per heavy atom. The van der Waals surface area contributed by atoms with Crippen molar-refractivity contribution in [2.24, 2.45) is 4.99 Å². The van der Waals surface area contributed by atoms with Crippen LogP contribution in [-0.4, -0.2) is 6.21 Å². The second-order valence-corrected chi connectivity index (χ2v) is 2.92. The minimum atomic E-state index is 0.177. The fourth-order valence-electron chi connectivity index (χ4n) is 1.32. The maximum Gasteiger partial charge on any atom is 0.0933 e. The minimum absolute atomic E-state index is 0.177. The predicted molar refractivity (Wildman–Crippen MR) is 56.0 cm³/mol. The number of rotatable bonds is 1. The van der Waals surface area contributed by atoms with E-state index in [9.17, 15) is 0 Å². The van der Waals surface area contributed by atoms with E-state index in [-0.39, 0.29) is 6.04 Å². The van der Waals surface area contributed by atoms with Crippen molar-refractivity contribution >= 4 is 6.21 Å². The summed E-state index contributed by atoms with van der Waals surface area (Å²) in [6, 6.07) is 10.5. The van der Waals surface area contributed by atoms with E-state index in [1.54, 1.807) is 0 Å². The molecule has 0 radical (unpaired) electrons. The highest BCUT2D eigenvalue weighted by Gasteiger charge is 2.03. The third-order valence-electron chi connectivity index (χ3n) is 1.99. The van der Waals surface area contributed by atoms with Crippen molar-refractivity contribution in [3.05, 3.63) is 60.2 Å². The van der Waals surface area contributed by atoms with Crippen LogP contribution in [-0.2, 0) is 0 Å². The second-order valence-electron chi connectivity index (χ2n) is 2.92. The second kappa shape index (κ2) is 3.85. The first-order valence-electron chi connectivity index (χ1n) is 4.38. The van der Waals surface area contributed by atoms with Gasteiger partial charge in [0.2, 0.25) is 0 Å². The van der Waals surface area contributed by atoms with E-state index in [0.29, 0.717) is 0 Å². The Morgan fingerprint density at radius 1 is 0.923 bits per heavy atom. The van der Waals surface area contributed by atoms with Gasteiger partial charge in [-0.15, -0.1) is 0 Å². The molecule has 1 heterocycles. The van der Waals surface area contributed by atoms with Crippen LogP contribution in [0.25, 0.3) is 0 Å². The van der Waals surface area contributed by atoms with Crippen LogP contribution in [0.4, 0.5) is 0 Å². The standard InChI is InChI=1S/C12H11N/c1-3-7-11(8-4-1)12-9-5-2-6-10-13-12/h1-10,12H. The summed E-state index contributed by atoms with van der Waals surface area (Å²) in [5.74, 6) is 0. The van der Waals surface area contributed by atoms with Crippen molar-refractivity contribution in [3.63, 3.8) is 0 Å². The zero-order chi connectivity index (χ0) is 8.93. The Bertz CT molecular complexity index is 331. The molecule has 1 aromatic carbocycles. The molecule has 0 fully saturated rings. The molecule has 64 valence electrons. The van der Waals surface area contributed by atoms with Crippen molar-refractivity contribution < 1.29 is 0 Å². The van der Waals surface area contributed by atoms with Gasteiger partial charge in [0.05, 0.1) is 6.04 Å². The third-order valence-corrected chi connectivity index (χ3v) is 1.99. The summed E-state index contributed by atoms with van der Waals surface area (Å²) in [6.45, 7) is 0. The monoisotopic (exact) mass is 169 g/mol. The topological polar surface area (TPSA) is 12.4 Å². The molecule has 0 aromatic heterocycles. The lowest BCUT2D eigenvalue weighted by Gasteiger charge is -2.05. The van der Waals surface area contributed by atoms with Gasteiger partial charge in [0, 0.05) is 6.21 Å². The van der Waals surface area contributed by atoms with E-state index in [0.717, 1.165) is 0 Å². The number of nitrogens with zero attached hydrogens (tertiary/aromatic N) is 1. The first kappa shape index (κ1) is 7.99. The van der Waals surface area contributed by atoms with Gasteiger partial charge in [0.15, 0.2) is 0 Å². The van der Waals surface area contributed by atoms with Crippen LogP contribution in [0.3, 0.4) is 0 Å². The van der Waals surface area contributed by atoms with Crippen LogP contribution in [0, 0.1) is 0 Å². The first-order valence-corrected chi connectivity index (χ1v) is 4.38. The molecule has 1 aromatic rings. The van der Waals surface area contributed by atoms with E-state index < -0.39 is 0 Å². The quantitative estimate of drug-likeness (QED) is 0.613. The van der Waals surface area contributed by atoms with E-state index in [2.05, 4.69) is 23.2 Å². The lowest BCUT2D eigenvalue weighted by atomic mass is 10.1.